The normalized spacial score (nSPS) is 20.3. The molecule has 0 spiro atoms. The summed E-state index contributed by atoms with van der Waals surface area (Å²) in [6, 6.07) is 0. The van der Waals surface area contributed by atoms with E-state index in [0.29, 0.717) is 19.4 Å². The van der Waals surface area contributed by atoms with E-state index in [1.165, 1.54) is 0 Å². The number of carbonyl (C=O) groups is 2. The third-order valence-electron chi connectivity index (χ3n) is 4.46. The highest BCUT2D eigenvalue weighted by atomic mass is 32.2. The zero-order valence-electron chi connectivity index (χ0n) is 14.2. The largest absolute Gasteiger partial charge is 0.396 e. The van der Waals surface area contributed by atoms with Gasteiger partial charge in [0.2, 0.25) is 11.8 Å². The number of carbonyl (C=O) groups excluding carboxylic acids is 2. The summed E-state index contributed by atoms with van der Waals surface area (Å²) in [5, 5.41) is 7.51. The Balaban J connectivity index is 2.72. The van der Waals surface area contributed by atoms with Gasteiger partial charge in [0.15, 0.2) is 9.84 Å². The van der Waals surface area contributed by atoms with Gasteiger partial charge < -0.3 is 5.11 Å². The van der Waals surface area contributed by atoms with Gasteiger partial charge >= 0.3 is 0 Å². The van der Waals surface area contributed by atoms with Crippen molar-refractivity contribution in [1.29, 1.82) is 0 Å². The maximum absolute atomic E-state index is 12.4. The van der Waals surface area contributed by atoms with Crippen molar-refractivity contribution < 1.29 is 23.1 Å². The molecule has 0 aromatic heterocycles. The van der Waals surface area contributed by atoms with Gasteiger partial charge in [-0.25, -0.2) is 8.42 Å². The SMILES string of the molecule is CCCCC(CC)CN1C(=O)CC(S(=O)(=O)CCCCO)C1=O. The Morgan fingerprint density at radius 2 is 1.91 bits per heavy atom. The highest BCUT2D eigenvalue weighted by Gasteiger charge is 2.45. The number of imide groups is 1. The second-order valence-corrected chi connectivity index (χ2v) is 8.55. The van der Waals surface area contributed by atoms with Crippen LogP contribution in [0.2, 0.25) is 0 Å². The van der Waals surface area contributed by atoms with E-state index in [0.717, 1.165) is 30.6 Å². The molecule has 0 aromatic rings. The molecule has 23 heavy (non-hydrogen) atoms. The lowest BCUT2D eigenvalue weighted by Gasteiger charge is -2.21. The van der Waals surface area contributed by atoms with Crippen LogP contribution in [0, 0.1) is 5.92 Å². The fourth-order valence-electron chi connectivity index (χ4n) is 2.86. The van der Waals surface area contributed by atoms with E-state index < -0.39 is 21.0 Å². The van der Waals surface area contributed by atoms with Gasteiger partial charge in [-0.2, -0.15) is 0 Å². The van der Waals surface area contributed by atoms with E-state index in [4.69, 9.17) is 5.11 Å². The van der Waals surface area contributed by atoms with Crippen LogP contribution in [0.25, 0.3) is 0 Å². The Morgan fingerprint density at radius 3 is 2.48 bits per heavy atom. The second kappa shape index (κ2) is 9.37. The van der Waals surface area contributed by atoms with Gasteiger partial charge in [0.05, 0.1) is 12.2 Å². The number of unbranched alkanes of at least 4 members (excludes halogenated alkanes) is 2. The average Bonchev–Trinajstić information content (AvgIpc) is 2.79. The van der Waals surface area contributed by atoms with Gasteiger partial charge in [0, 0.05) is 13.2 Å². The quantitative estimate of drug-likeness (QED) is 0.452. The molecular formula is C16H29NO5S. The van der Waals surface area contributed by atoms with Crippen LogP contribution in [-0.2, 0) is 19.4 Å². The van der Waals surface area contributed by atoms with E-state index in [2.05, 4.69) is 6.92 Å². The van der Waals surface area contributed by atoms with Crippen molar-refractivity contribution in [2.45, 2.75) is 64.0 Å². The average molecular weight is 347 g/mol. The highest BCUT2D eigenvalue weighted by molar-refractivity contribution is 7.92. The first kappa shape index (κ1) is 20.1. The summed E-state index contributed by atoms with van der Waals surface area (Å²) < 4.78 is 24.5. The van der Waals surface area contributed by atoms with Crippen LogP contribution in [-0.4, -0.2) is 54.4 Å². The molecule has 134 valence electrons. The zero-order valence-corrected chi connectivity index (χ0v) is 15.0. The lowest BCUT2D eigenvalue weighted by Crippen LogP contribution is -2.38. The van der Waals surface area contributed by atoms with E-state index in [1.807, 2.05) is 6.92 Å². The first-order valence-corrected chi connectivity index (χ1v) is 10.3. The molecule has 0 aromatic carbocycles. The van der Waals surface area contributed by atoms with Crippen molar-refractivity contribution in [3.05, 3.63) is 0 Å². The second-order valence-electron chi connectivity index (χ2n) is 6.25. The first-order chi connectivity index (χ1) is 10.9. The molecule has 6 nitrogen and oxygen atoms in total. The molecule has 0 aliphatic carbocycles. The van der Waals surface area contributed by atoms with Gasteiger partial charge in [-0.05, 0) is 25.2 Å². The highest BCUT2D eigenvalue weighted by Crippen LogP contribution is 2.24. The van der Waals surface area contributed by atoms with Gasteiger partial charge in [-0.1, -0.05) is 33.1 Å². The van der Waals surface area contributed by atoms with Crippen LogP contribution in [0.5, 0.6) is 0 Å². The predicted molar refractivity (Wildman–Crippen MR) is 88.5 cm³/mol. The van der Waals surface area contributed by atoms with Crippen molar-refractivity contribution in [3.63, 3.8) is 0 Å². The van der Waals surface area contributed by atoms with E-state index in [9.17, 15) is 18.0 Å². The van der Waals surface area contributed by atoms with E-state index in [-0.39, 0.29) is 30.6 Å². The molecule has 1 aliphatic heterocycles. The molecule has 2 unspecified atom stereocenters. The number of nitrogens with zero attached hydrogens (tertiary/aromatic N) is 1. The number of sulfone groups is 1. The van der Waals surface area contributed by atoms with Gasteiger partial charge in [0.25, 0.3) is 0 Å². The number of hydrogen-bond acceptors (Lipinski definition) is 5. The number of aliphatic hydroxyl groups is 1. The molecule has 1 N–H and O–H groups in total. The van der Waals surface area contributed by atoms with Crippen LogP contribution >= 0.6 is 0 Å². The number of aliphatic hydroxyl groups excluding tert-OH is 1. The minimum Gasteiger partial charge on any atom is -0.396 e. The lowest BCUT2D eigenvalue weighted by molar-refractivity contribution is -0.139. The molecule has 0 radical (unpaired) electrons. The van der Waals surface area contributed by atoms with E-state index >= 15 is 0 Å². The fraction of sp³-hybridized carbons (Fsp3) is 0.875. The zero-order chi connectivity index (χ0) is 17.5. The Hall–Kier alpha value is -0.950. The third kappa shape index (κ3) is 5.57. The van der Waals surface area contributed by atoms with Crippen molar-refractivity contribution in [3.8, 4) is 0 Å². The summed E-state index contributed by atoms with van der Waals surface area (Å²) >= 11 is 0. The molecule has 1 aliphatic rings. The minimum atomic E-state index is -3.63. The first-order valence-electron chi connectivity index (χ1n) is 8.54. The van der Waals surface area contributed by atoms with E-state index in [1.54, 1.807) is 0 Å². The monoisotopic (exact) mass is 347 g/mol. The van der Waals surface area contributed by atoms with Crippen LogP contribution < -0.4 is 0 Å². The molecule has 2 amide bonds. The van der Waals surface area contributed by atoms with Crippen molar-refractivity contribution >= 4 is 21.7 Å². The summed E-state index contributed by atoms with van der Waals surface area (Å²) in [5.74, 6) is -0.855. The topological polar surface area (TPSA) is 91.8 Å². The predicted octanol–water partition coefficient (Wildman–Crippen LogP) is 1.52. The van der Waals surface area contributed by atoms with Crippen LogP contribution in [0.3, 0.4) is 0 Å². The van der Waals surface area contributed by atoms with Crippen LogP contribution in [0.4, 0.5) is 0 Å². The number of likely N-dealkylation sites (tertiary alicyclic amines) is 1. The fourth-order valence-corrected chi connectivity index (χ4v) is 4.58. The van der Waals surface area contributed by atoms with Crippen molar-refractivity contribution in [2.24, 2.45) is 5.92 Å². The number of hydrogen-bond donors (Lipinski definition) is 1. The standard InChI is InChI=1S/C16H29NO5S/c1-3-5-8-13(4-2)12-17-15(19)11-14(16(17)20)23(21,22)10-7-6-9-18/h13-14,18H,3-12H2,1-2H3. The van der Waals surface area contributed by atoms with Crippen LogP contribution in [0.15, 0.2) is 0 Å². The minimum absolute atomic E-state index is 0.0746. The Morgan fingerprint density at radius 1 is 1.22 bits per heavy atom. The Kier molecular flexibility index (Phi) is 8.19. The Labute approximate surface area is 139 Å². The molecular weight excluding hydrogens is 318 g/mol. The molecule has 2 atom stereocenters. The van der Waals surface area contributed by atoms with Gasteiger partial charge in [-0.3, -0.25) is 14.5 Å². The molecule has 1 fully saturated rings. The Bertz CT molecular complexity index is 503. The lowest BCUT2D eigenvalue weighted by atomic mass is 9.99. The molecule has 1 rings (SSSR count). The molecule has 1 heterocycles. The smallest absolute Gasteiger partial charge is 0.248 e. The third-order valence-corrected chi connectivity index (χ3v) is 6.55. The molecule has 7 heteroatoms. The van der Waals surface area contributed by atoms with Gasteiger partial charge in [-0.15, -0.1) is 0 Å². The molecule has 1 saturated heterocycles. The maximum atomic E-state index is 12.4. The van der Waals surface area contributed by atoms with Crippen LogP contribution in [0.1, 0.15) is 58.8 Å². The summed E-state index contributed by atoms with van der Waals surface area (Å²) in [4.78, 5) is 25.6. The molecule has 0 bridgehead atoms. The van der Waals surface area contributed by atoms with Crippen molar-refractivity contribution in [2.75, 3.05) is 18.9 Å². The summed E-state index contributed by atoms with van der Waals surface area (Å²) in [6.45, 7) is 4.37. The van der Waals surface area contributed by atoms with Gasteiger partial charge in [0.1, 0.15) is 5.25 Å². The summed E-state index contributed by atoms with van der Waals surface area (Å²) in [6.07, 6.45) is 4.36. The summed E-state index contributed by atoms with van der Waals surface area (Å²) in [5.41, 5.74) is 0. The van der Waals surface area contributed by atoms with Crippen molar-refractivity contribution in [1.82, 2.24) is 4.90 Å². The maximum Gasteiger partial charge on any atom is 0.248 e. The summed E-state index contributed by atoms with van der Waals surface area (Å²) in [7, 11) is -3.63. The number of rotatable bonds is 11. The molecule has 0 saturated carbocycles. The number of amides is 2.